The van der Waals surface area contributed by atoms with E-state index in [4.69, 9.17) is 0 Å². The normalized spacial score (nSPS) is 10.7. The fraction of sp³-hybridized carbons (Fsp3) is 0.0714. The van der Waals surface area contributed by atoms with Gasteiger partial charge in [-0.15, -0.1) is 10.2 Å². The first-order chi connectivity index (χ1) is 9.74. The van der Waals surface area contributed by atoms with Gasteiger partial charge >= 0.3 is 0 Å². The molecule has 3 aromatic rings. The fourth-order valence-electron chi connectivity index (χ4n) is 1.87. The van der Waals surface area contributed by atoms with Crippen LogP contribution in [0.1, 0.15) is 16.2 Å². The van der Waals surface area contributed by atoms with Crippen molar-refractivity contribution in [3.63, 3.8) is 0 Å². The molecule has 0 saturated carbocycles. The number of fused-ring (bicyclic) bond motifs is 1. The van der Waals surface area contributed by atoms with Gasteiger partial charge in [0.15, 0.2) is 11.5 Å². The maximum absolute atomic E-state index is 12.0. The molecule has 20 heavy (non-hydrogen) atoms. The number of amides is 1. The van der Waals surface area contributed by atoms with E-state index in [0.717, 1.165) is 10.1 Å². The van der Waals surface area contributed by atoms with Crippen LogP contribution in [0.5, 0.6) is 0 Å². The summed E-state index contributed by atoms with van der Waals surface area (Å²) in [5, 5.41) is 10.9. The number of carbonyl (C=O) groups excluding carboxylic acids is 1. The summed E-state index contributed by atoms with van der Waals surface area (Å²) in [6.07, 6.45) is 1.87. The molecule has 0 bridgehead atoms. The summed E-state index contributed by atoms with van der Waals surface area (Å²) in [5.74, 6) is 0.566. The predicted octanol–water partition coefficient (Wildman–Crippen LogP) is 2.42. The van der Waals surface area contributed by atoms with Crippen molar-refractivity contribution in [3.8, 4) is 0 Å². The van der Waals surface area contributed by atoms with Gasteiger partial charge in [0.2, 0.25) is 0 Å². The van der Waals surface area contributed by atoms with Crippen LogP contribution < -0.4 is 5.32 Å². The van der Waals surface area contributed by atoms with Gasteiger partial charge in [0.05, 0.1) is 6.54 Å². The Morgan fingerprint density at radius 3 is 2.75 bits per heavy atom. The van der Waals surface area contributed by atoms with Gasteiger partial charge in [-0.2, -0.15) is 0 Å². The molecule has 0 saturated heterocycles. The molecule has 1 aromatic carbocycles. The number of benzene rings is 1. The van der Waals surface area contributed by atoms with Crippen LogP contribution in [-0.2, 0) is 6.54 Å². The SMILES string of the molecule is O=C(NCc1nnc2ccccn12)c1ccc(Br)cc1. The van der Waals surface area contributed by atoms with E-state index in [1.807, 2.05) is 40.9 Å². The van der Waals surface area contributed by atoms with Crippen molar-refractivity contribution >= 4 is 27.5 Å². The molecule has 0 aliphatic heterocycles. The van der Waals surface area contributed by atoms with Crippen molar-refractivity contribution in [2.75, 3.05) is 0 Å². The van der Waals surface area contributed by atoms with Crippen LogP contribution in [0.4, 0.5) is 0 Å². The maximum atomic E-state index is 12.0. The second-order valence-electron chi connectivity index (χ2n) is 4.23. The largest absolute Gasteiger partial charge is 0.345 e. The van der Waals surface area contributed by atoms with Crippen molar-refractivity contribution in [2.24, 2.45) is 0 Å². The molecular formula is C14H11BrN4O. The van der Waals surface area contributed by atoms with E-state index in [1.54, 1.807) is 12.1 Å². The summed E-state index contributed by atoms with van der Waals surface area (Å²) in [6.45, 7) is 0.333. The van der Waals surface area contributed by atoms with Crippen LogP contribution in [0.2, 0.25) is 0 Å². The Labute approximate surface area is 123 Å². The average molecular weight is 331 g/mol. The third-order valence-corrected chi connectivity index (χ3v) is 3.43. The molecule has 0 radical (unpaired) electrons. The summed E-state index contributed by atoms with van der Waals surface area (Å²) in [6, 6.07) is 12.9. The van der Waals surface area contributed by atoms with E-state index in [9.17, 15) is 4.79 Å². The number of nitrogens with zero attached hydrogens (tertiary/aromatic N) is 3. The van der Waals surface area contributed by atoms with Crippen LogP contribution in [0.25, 0.3) is 5.65 Å². The van der Waals surface area contributed by atoms with Crippen LogP contribution in [0.3, 0.4) is 0 Å². The monoisotopic (exact) mass is 330 g/mol. The second kappa shape index (κ2) is 5.42. The van der Waals surface area contributed by atoms with E-state index in [0.29, 0.717) is 17.9 Å². The molecule has 0 atom stereocenters. The number of nitrogens with one attached hydrogen (secondary N) is 1. The van der Waals surface area contributed by atoms with Crippen LogP contribution >= 0.6 is 15.9 Å². The Hall–Kier alpha value is -2.21. The predicted molar refractivity (Wildman–Crippen MR) is 78.3 cm³/mol. The first-order valence-electron chi connectivity index (χ1n) is 6.06. The summed E-state index contributed by atoms with van der Waals surface area (Å²) in [4.78, 5) is 12.0. The van der Waals surface area contributed by atoms with Crippen LogP contribution in [0.15, 0.2) is 53.1 Å². The molecule has 100 valence electrons. The molecule has 1 amide bonds. The molecule has 6 heteroatoms. The van der Waals surface area contributed by atoms with Gasteiger partial charge in [-0.05, 0) is 36.4 Å². The zero-order valence-corrected chi connectivity index (χ0v) is 12.0. The lowest BCUT2D eigenvalue weighted by molar-refractivity contribution is 0.0950. The molecular weight excluding hydrogens is 320 g/mol. The lowest BCUT2D eigenvalue weighted by Crippen LogP contribution is -2.23. The number of rotatable bonds is 3. The zero-order valence-electron chi connectivity index (χ0n) is 10.5. The van der Waals surface area contributed by atoms with Crippen LogP contribution in [0, 0.1) is 0 Å². The van der Waals surface area contributed by atoms with Gasteiger partial charge in [-0.25, -0.2) is 0 Å². The van der Waals surface area contributed by atoms with Crippen molar-refractivity contribution in [3.05, 3.63) is 64.5 Å². The van der Waals surface area contributed by atoms with Crippen molar-refractivity contribution in [1.82, 2.24) is 19.9 Å². The minimum atomic E-state index is -0.134. The van der Waals surface area contributed by atoms with Crippen molar-refractivity contribution < 1.29 is 4.79 Å². The molecule has 2 heterocycles. The Balaban J connectivity index is 1.73. The van der Waals surface area contributed by atoms with Gasteiger partial charge in [0.25, 0.3) is 5.91 Å². The second-order valence-corrected chi connectivity index (χ2v) is 5.15. The minimum absolute atomic E-state index is 0.134. The van der Waals surface area contributed by atoms with Gasteiger partial charge < -0.3 is 5.32 Å². The third-order valence-electron chi connectivity index (χ3n) is 2.90. The lowest BCUT2D eigenvalue weighted by Gasteiger charge is -2.04. The molecule has 2 aromatic heterocycles. The number of aromatic nitrogens is 3. The number of hydrogen-bond donors (Lipinski definition) is 1. The highest BCUT2D eigenvalue weighted by molar-refractivity contribution is 9.10. The van der Waals surface area contributed by atoms with E-state index >= 15 is 0 Å². The smallest absolute Gasteiger partial charge is 0.251 e. The van der Waals surface area contributed by atoms with Crippen molar-refractivity contribution in [1.29, 1.82) is 0 Å². The van der Waals surface area contributed by atoms with E-state index in [1.165, 1.54) is 0 Å². The lowest BCUT2D eigenvalue weighted by atomic mass is 10.2. The molecule has 0 aliphatic rings. The highest BCUT2D eigenvalue weighted by atomic mass is 79.9. The quantitative estimate of drug-likeness (QED) is 0.802. The molecule has 0 aliphatic carbocycles. The topological polar surface area (TPSA) is 59.3 Å². The van der Waals surface area contributed by atoms with Gasteiger partial charge in [0.1, 0.15) is 0 Å². The van der Waals surface area contributed by atoms with Gasteiger partial charge in [-0.1, -0.05) is 22.0 Å². The molecule has 1 N–H and O–H groups in total. The number of halogens is 1. The van der Waals surface area contributed by atoms with Gasteiger partial charge in [0, 0.05) is 16.2 Å². The molecule has 0 fully saturated rings. The summed E-state index contributed by atoms with van der Waals surface area (Å²) >= 11 is 3.34. The van der Waals surface area contributed by atoms with Gasteiger partial charge in [-0.3, -0.25) is 9.20 Å². The Morgan fingerprint density at radius 2 is 1.95 bits per heavy atom. The fourth-order valence-corrected chi connectivity index (χ4v) is 2.14. The van der Waals surface area contributed by atoms with Crippen LogP contribution in [-0.4, -0.2) is 20.5 Å². The summed E-state index contributed by atoms with van der Waals surface area (Å²) in [5.41, 5.74) is 1.38. The third kappa shape index (κ3) is 2.55. The number of hydrogen-bond acceptors (Lipinski definition) is 3. The standard InChI is InChI=1S/C14H11BrN4O/c15-11-6-4-10(5-7-11)14(20)16-9-13-18-17-12-3-1-2-8-19(12)13/h1-8H,9H2,(H,16,20). The average Bonchev–Trinajstić information content (AvgIpc) is 2.89. The first kappa shape index (κ1) is 12.8. The van der Waals surface area contributed by atoms with E-state index in [2.05, 4.69) is 31.4 Å². The highest BCUT2D eigenvalue weighted by Gasteiger charge is 2.08. The Morgan fingerprint density at radius 1 is 1.15 bits per heavy atom. The molecule has 5 nitrogen and oxygen atoms in total. The minimum Gasteiger partial charge on any atom is -0.345 e. The zero-order chi connectivity index (χ0) is 13.9. The Bertz CT molecular complexity index is 751. The summed E-state index contributed by atoms with van der Waals surface area (Å²) < 4.78 is 2.79. The number of pyridine rings is 1. The molecule has 0 spiro atoms. The first-order valence-corrected chi connectivity index (χ1v) is 6.86. The highest BCUT2D eigenvalue weighted by Crippen LogP contribution is 2.10. The van der Waals surface area contributed by atoms with Crippen molar-refractivity contribution in [2.45, 2.75) is 6.54 Å². The Kier molecular flexibility index (Phi) is 3.47. The summed E-state index contributed by atoms with van der Waals surface area (Å²) in [7, 11) is 0. The van der Waals surface area contributed by atoms with E-state index in [-0.39, 0.29) is 5.91 Å². The van der Waals surface area contributed by atoms with E-state index < -0.39 is 0 Å². The maximum Gasteiger partial charge on any atom is 0.251 e. The number of carbonyl (C=O) groups is 1. The molecule has 3 rings (SSSR count). The molecule has 0 unspecified atom stereocenters.